The van der Waals surface area contributed by atoms with Crippen LogP contribution in [0.1, 0.15) is 57.8 Å². The third-order valence-corrected chi connectivity index (χ3v) is 10.4. The van der Waals surface area contributed by atoms with E-state index in [-0.39, 0.29) is 17.6 Å². The summed E-state index contributed by atoms with van der Waals surface area (Å²) in [5.74, 6) is -2.79. The van der Waals surface area contributed by atoms with Crippen molar-refractivity contribution in [1.29, 1.82) is 0 Å². The zero-order valence-electron chi connectivity index (χ0n) is 16.8. The number of rotatable bonds is 6. The van der Waals surface area contributed by atoms with Crippen molar-refractivity contribution >= 4 is 27.8 Å². The maximum Gasteiger partial charge on any atom is 0.430 e. The summed E-state index contributed by atoms with van der Waals surface area (Å²) in [7, 11) is -5.98. The first kappa shape index (κ1) is 23.6. The molecular weight excluding hydrogens is 458 g/mol. The van der Waals surface area contributed by atoms with Crippen molar-refractivity contribution in [2.75, 3.05) is 0 Å². The van der Waals surface area contributed by atoms with Crippen LogP contribution in [0.25, 0.3) is 0 Å². The smallest absolute Gasteiger partial charge is 0.428 e. The number of aliphatic hydroxyl groups excluding tert-OH is 1. The normalized spacial score (nSPS) is 37.8. The number of aliphatic hydroxyl groups is 3. The van der Waals surface area contributed by atoms with Crippen LogP contribution >= 0.6 is 11.8 Å². The molecule has 0 aromatic carbocycles. The number of hydrogen-bond donors (Lipinski definition) is 4. The second kappa shape index (κ2) is 7.76. The van der Waals surface area contributed by atoms with E-state index in [4.69, 9.17) is 4.55 Å². The number of carbonyl (C=O) groups excluding carboxylic acids is 1. The molecule has 4 fully saturated rings. The van der Waals surface area contributed by atoms with Gasteiger partial charge in [-0.3, -0.25) is 9.35 Å². The largest absolute Gasteiger partial charge is 0.430 e. The Morgan fingerprint density at radius 3 is 2.00 bits per heavy atom. The summed E-state index contributed by atoms with van der Waals surface area (Å²) in [5, 5.41) is 26.5. The Kier molecular flexibility index (Phi) is 5.92. The van der Waals surface area contributed by atoms with Crippen molar-refractivity contribution in [2.24, 2.45) is 17.8 Å². The van der Waals surface area contributed by atoms with Crippen molar-refractivity contribution in [2.45, 2.75) is 91.0 Å². The van der Waals surface area contributed by atoms with Crippen LogP contribution in [-0.2, 0) is 19.6 Å². The predicted molar refractivity (Wildman–Crippen MR) is 106 cm³/mol. The van der Waals surface area contributed by atoms with E-state index >= 15 is 0 Å². The molecule has 6 atom stereocenters. The first-order valence-electron chi connectivity index (χ1n) is 10.6. The standard InChI is InChI=1S/C19H28F2O8S2/c20-19(21,31(26,27)28)16(23)29-15(22)10-9-11-12(17(24)5-1-2-6-17)13(14(10)30-11)18(25)7-3-4-8-18/h10-14,16,23-25H,1-9H2,(H,26,27,28). The second-order valence-corrected chi connectivity index (χ2v) is 12.4. The van der Waals surface area contributed by atoms with Gasteiger partial charge >= 0.3 is 21.3 Å². The van der Waals surface area contributed by atoms with E-state index in [0.29, 0.717) is 25.7 Å². The minimum atomic E-state index is -5.98. The van der Waals surface area contributed by atoms with Gasteiger partial charge < -0.3 is 20.1 Å². The van der Waals surface area contributed by atoms with Crippen molar-refractivity contribution in [3.8, 4) is 0 Å². The Morgan fingerprint density at radius 2 is 1.52 bits per heavy atom. The van der Waals surface area contributed by atoms with E-state index in [1.165, 1.54) is 11.8 Å². The Balaban J connectivity index is 1.57. The van der Waals surface area contributed by atoms with Gasteiger partial charge in [-0.15, -0.1) is 0 Å². The fourth-order valence-corrected chi connectivity index (χ4v) is 8.94. The minimum Gasteiger partial charge on any atom is -0.428 e. The van der Waals surface area contributed by atoms with Gasteiger partial charge in [-0.05, 0) is 32.1 Å². The fourth-order valence-electron chi connectivity index (χ4n) is 6.32. The van der Waals surface area contributed by atoms with Gasteiger partial charge in [-0.1, -0.05) is 25.7 Å². The SMILES string of the molecule is O=C(OC(O)C(F)(F)S(=O)(=O)O)C1CC2SC1C(C1(O)CCCC1)C2C1(O)CCCC1. The molecule has 178 valence electrons. The lowest BCUT2D eigenvalue weighted by atomic mass is 9.60. The van der Waals surface area contributed by atoms with Crippen LogP contribution in [0.5, 0.6) is 0 Å². The van der Waals surface area contributed by atoms with Crippen molar-refractivity contribution < 1.29 is 46.6 Å². The number of alkyl halides is 2. The van der Waals surface area contributed by atoms with E-state index in [2.05, 4.69) is 4.74 Å². The average Bonchev–Trinajstić information content (AvgIpc) is 3.44. The molecule has 0 amide bonds. The zero-order valence-corrected chi connectivity index (χ0v) is 18.5. The summed E-state index contributed by atoms with van der Waals surface area (Å²) in [6, 6.07) is 0. The summed E-state index contributed by atoms with van der Waals surface area (Å²) in [4.78, 5) is 12.6. The van der Waals surface area contributed by atoms with Crippen molar-refractivity contribution in [3.05, 3.63) is 0 Å². The van der Waals surface area contributed by atoms with Crippen LogP contribution in [0.2, 0.25) is 0 Å². The van der Waals surface area contributed by atoms with Crippen LogP contribution in [0.3, 0.4) is 0 Å². The number of halogens is 2. The average molecular weight is 487 g/mol. The summed E-state index contributed by atoms with van der Waals surface area (Å²) < 4.78 is 61.8. The number of fused-ring (bicyclic) bond motifs is 2. The highest BCUT2D eigenvalue weighted by Crippen LogP contribution is 2.65. The highest BCUT2D eigenvalue weighted by atomic mass is 32.2. The van der Waals surface area contributed by atoms with Gasteiger partial charge in [0.05, 0.1) is 17.1 Å². The molecule has 2 saturated heterocycles. The zero-order chi connectivity index (χ0) is 22.8. The molecule has 4 aliphatic rings. The van der Waals surface area contributed by atoms with Gasteiger partial charge in [0, 0.05) is 22.3 Å². The Bertz CT molecular complexity index is 823. The Labute approximate surface area is 183 Å². The lowest BCUT2D eigenvalue weighted by Gasteiger charge is -2.47. The molecule has 31 heavy (non-hydrogen) atoms. The van der Waals surface area contributed by atoms with Gasteiger partial charge in [0.1, 0.15) is 0 Å². The molecule has 2 aliphatic carbocycles. The molecule has 4 rings (SSSR count). The maximum absolute atomic E-state index is 13.6. The van der Waals surface area contributed by atoms with E-state index in [0.717, 1.165) is 25.7 Å². The van der Waals surface area contributed by atoms with E-state index < -0.39 is 55.9 Å². The molecule has 2 bridgehead atoms. The molecule has 12 heteroatoms. The Morgan fingerprint density at radius 1 is 1.03 bits per heavy atom. The lowest BCUT2D eigenvalue weighted by Crippen LogP contribution is -2.56. The van der Waals surface area contributed by atoms with Gasteiger partial charge in [0.25, 0.3) is 6.29 Å². The summed E-state index contributed by atoms with van der Waals surface area (Å²) in [6.07, 6.45) is 2.54. The number of thioether (sulfide) groups is 1. The molecule has 2 aliphatic heterocycles. The van der Waals surface area contributed by atoms with Gasteiger partial charge in [0.15, 0.2) is 0 Å². The van der Waals surface area contributed by atoms with Crippen LogP contribution in [-0.4, -0.2) is 67.5 Å². The molecule has 2 saturated carbocycles. The first-order valence-corrected chi connectivity index (χ1v) is 13.0. The number of carbonyl (C=O) groups is 1. The molecule has 4 N–H and O–H groups in total. The van der Waals surface area contributed by atoms with Gasteiger partial charge in [0.2, 0.25) is 0 Å². The van der Waals surface area contributed by atoms with Crippen LogP contribution in [0.4, 0.5) is 8.78 Å². The third kappa shape index (κ3) is 3.80. The molecule has 0 radical (unpaired) electrons. The third-order valence-electron chi connectivity index (χ3n) is 7.70. The molecule has 6 unspecified atom stereocenters. The summed E-state index contributed by atoms with van der Waals surface area (Å²) in [5.41, 5.74) is -2.02. The minimum absolute atomic E-state index is 0.181. The molecule has 0 spiro atoms. The lowest BCUT2D eigenvalue weighted by molar-refractivity contribution is -0.211. The van der Waals surface area contributed by atoms with E-state index in [1.54, 1.807) is 0 Å². The molecule has 8 nitrogen and oxygen atoms in total. The van der Waals surface area contributed by atoms with Crippen LogP contribution in [0.15, 0.2) is 0 Å². The molecule has 2 heterocycles. The van der Waals surface area contributed by atoms with E-state index in [9.17, 15) is 37.3 Å². The highest BCUT2D eigenvalue weighted by molar-refractivity contribution is 8.01. The van der Waals surface area contributed by atoms with Gasteiger partial charge in [-0.2, -0.15) is 29.0 Å². The molecule has 0 aromatic rings. The van der Waals surface area contributed by atoms with E-state index in [1.807, 2.05) is 0 Å². The van der Waals surface area contributed by atoms with Crippen molar-refractivity contribution in [3.63, 3.8) is 0 Å². The van der Waals surface area contributed by atoms with Gasteiger partial charge in [-0.25, -0.2) is 0 Å². The van der Waals surface area contributed by atoms with Crippen LogP contribution < -0.4 is 0 Å². The quantitative estimate of drug-likeness (QED) is 0.251. The van der Waals surface area contributed by atoms with Crippen LogP contribution in [0, 0.1) is 17.8 Å². The molecule has 0 aromatic heterocycles. The van der Waals surface area contributed by atoms with Crippen molar-refractivity contribution in [1.82, 2.24) is 0 Å². The number of esters is 1. The predicted octanol–water partition coefficient (Wildman–Crippen LogP) is 1.68. The number of hydrogen-bond acceptors (Lipinski definition) is 8. The highest BCUT2D eigenvalue weighted by Gasteiger charge is 2.67. The first-order chi connectivity index (χ1) is 14.3. The summed E-state index contributed by atoms with van der Waals surface area (Å²) in [6.45, 7) is 0. The summed E-state index contributed by atoms with van der Waals surface area (Å²) >= 11 is 1.44. The number of ether oxygens (including phenoxy) is 1. The Hall–Kier alpha value is -0.530. The maximum atomic E-state index is 13.6. The topological polar surface area (TPSA) is 141 Å². The second-order valence-electron chi connectivity index (χ2n) is 9.48. The monoisotopic (exact) mass is 486 g/mol. The fraction of sp³-hybridized carbons (Fsp3) is 0.947. The molecular formula is C19H28F2O8S2.